The van der Waals surface area contributed by atoms with Crippen LogP contribution in [-0.4, -0.2) is 15.9 Å². The molecule has 1 amide bonds. The number of nitrogens with one attached hydrogen (secondary N) is 2. The maximum absolute atomic E-state index is 12.5. The highest BCUT2D eigenvalue weighted by molar-refractivity contribution is 6.04. The fraction of sp³-hybridized carbons (Fsp3) is 0.0800. The molecule has 0 saturated carbocycles. The summed E-state index contributed by atoms with van der Waals surface area (Å²) in [6, 6.07) is 26.8. The van der Waals surface area contributed by atoms with E-state index in [1.807, 2.05) is 72.8 Å². The Morgan fingerprint density at radius 1 is 0.833 bits per heavy atom. The molecule has 0 radical (unpaired) electrons. The molecule has 0 fully saturated rings. The van der Waals surface area contributed by atoms with E-state index in [1.54, 1.807) is 18.3 Å². The molecule has 30 heavy (non-hydrogen) atoms. The van der Waals surface area contributed by atoms with Gasteiger partial charge in [-0.3, -0.25) is 4.79 Å². The summed E-state index contributed by atoms with van der Waals surface area (Å²) >= 11 is 0. The Labute approximate surface area is 175 Å². The quantitative estimate of drug-likeness (QED) is 0.440. The van der Waals surface area contributed by atoms with Crippen LogP contribution in [0.5, 0.6) is 0 Å². The second-order valence-corrected chi connectivity index (χ2v) is 6.84. The molecule has 1 heterocycles. The van der Waals surface area contributed by atoms with Crippen molar-refractivity contribution in [3.05, 3.63) is 102 Å². The fourth-order valence-electron chi connectivity index (χ4n) is 3.03. The summed E-state index contributed by atoms with van der Waals surface area (Å²) in [5.41, 5.74) is 4.42. The Kier molecular flexibility index (Phi) is 5.80. The first-order valence-electron chi connectivity index (χ1n) is 9.87. The smallest absolute Gasteiger partial charge is 0.255 e. The third-order valence-electron chi connectivity index (χ3n) is 4.73. The molecule has 0 aliphatic heterocycles. The van der Waals surface area contributed by atoms with Gasteiger partial charge < -0.3 is 10.6 Å². The van der Waals surface area contributed by atoms with Crippen molar-refractivity contribution in [1.82, 2.24) is 9.97 Å². The fourth-order valence-corrected chi connectivity index (χ4v) is 3.03. The van der Waals surface area contributed by atoms with Gasteiger partial charge in [-0.2, -0.15) is 0 Å². The molecule has 1 aromatic heterocycles. The molecule has 0 bridgehead atoms. The number of aromatic nitrogens is 2. The van der Waals surface area contributed by atoms with Crippen LogP contribution >= 0.6 is 0 Å². The number of amides is 1. The molecule has 0 unspecified atom stereocenters. The van der Waals surface area contributed by atoms with Crippen molar-refractivity contribution in [2.45, 2.75) is 13.3 Å². The van der Waals surface area contributed by atoms with Crippen LogP contribution in [0.1, 0.15) is 22.8 Å². The Hall–Kier alpha value is -3.99. The van der Waals surface area contributed by atoms with Crippen molar-refractivity contribution in [2.75, 3.05) is 10.6 Å². The minimum absolute atomic E-state index is 0.140. The van der Waals surface area contributed by atoms with Crippen LogP contribution in [0, 0.1) is 0 Å². The maximum atomic E-state index is 12.5. The molecule has 4 rings (SSSR count). The normalized spacial score (nSPS) is 10.4. The molecule has 5 heteroatoms. The largest absolute Gasteiger partial charge is 0.340 e. The highest BCUT2D eigenvalue weighted by Gasteiger charge is 2.07. The lowest BCUT2D eigenvalue weighted by Crippen LogP contribution is -2.11. The van der Waals surface area contributed by atoms with Gasteiger partial charge in [0.15, 0.2) is 5.82 Å². The van der Waals surface area contributed by atoms with E-state index in [-0.39, 0.29) is 5.91 Å². The molecule has 5 nitrogen and oxygen atoms in total. The van der Waals surface area contributed by atoms with Crippen LogP contribution in [0.25, 0.3) is 11.4 Å². The Morgan fingerprint density at radius 3 is 2.23 bits per heavy atom. The van der Waals surface area contributed by atoms with Gasteiger partial charge >= 0.3 is 0 Å². The van der Waals surface area contributed by atoms with Crippen molar-refractivity contribution in [1.29, 1.82) is 0 Å². The molecular formula is C25H22N4O. The monoisotopic (exact) mass is 394 g/mol. The Balaban J connectivity index is 1.43. The standard InChI is InChI=1S/C25H22N4O/c1-2-18-8-12-22(13-9-18)28-25(30)20-10-14-21(15-11-20)27-23-16-17-26-24(29-23)19-6-4-3-5-7-19/h3-17H,2H2,1H3,(H,28,30)(H,26,27,29). The first-order valence-corrected chi connectivity index (χ1v) is 9.87. The van der Waals surface area contributed by atoms with E-state index in [1.165, 1.54) is 5.56 Å². The second-order valence-electron chi connectivity index (χ2n) is 6.84. The SMILES string of the molecule is CCc1ccc(NC(=O)c2ccc(Nc3ccnc(-c4ccccc4)n3)cc2)cc1. The van der Waals surface area contributed by atoms with Crippen molar-refractivity contribution in [2.24, 2.45) is 0 Å². The number of anilines is 3. The van der Waals surface area contributed by atoms with Crippen molar-refractivity contribution < 1.29 is 4.79 Å². The van der Waals surface area contributed by atoms with Gasteiger partial charge in [0, 0.05) is 28.7 Å². The van der Waals surface area contributed by atoms with E-state index < -0.39 is 0 Å². The average Bonchev–Trinajstić information content (AvgIpc) is 2.81. The predicted molar refractivity (Wildman–Crippen MR) is 121 cm³/mol. The zero-order chi connectivity index (χ0) is 20.8. The number of benzene rings is 3. The molecular weight excluding hydrogens is 372 g/mol. The lowest BCUT2D eigenvalue weighted by Gasteiger charge is -2.09. The van der Waals surface area contributed by atoms with E-state index in [4.69, 9.17) is 0 Å². The third-order valence-corrected chi connectivity index (χ3v) is 4.73. The van der Waals surface area contributed by atoms with Crippen molar-refractivity contribution >= 4 is 23.1 Å². The number of nitrogens with zero attached hydrogens (tertiary/aromatic N) is 2. The van der Waals surface area contributed by atoms with Crippen LogP contribution in [0.3, 0.4) is 0 Å². The van der Waals surface area contributed by atoms with Crippen molar-refractivity contribution in [3.63, 3.8) is 0 Å². The summed E-state index contributed by atoms with van der Waals surface area (Å²) in [6.07, 6.45) is 2.70. The summed E-state index contributed by atoms with van der Waals surface area (Å²) in [4.78, 5) is 21.4. The van der Waals surface area contributed by atoms with Gasteiger partial charge in [0.2, 0.25) is 0 Å². The van der Waals surface area contributed by atoms with E-state index in [0.29, 0.717) is 17.2 Å². The first-order chi connectivity index (χ1) is 14.7. The topological polar surface area (TPSA) is 66.9 Å². The van der Waals surface area contributed by atoms with E-state index >= 15 is 0 Å². The highest BCUT2D eigenvalue weighted by atomic mass is 16.1. The van der Waals surface area contributed by atoms with Crippen LogP contribution in [-0.2, 0) is 6.42 Å². The zero-order valence-electron chi connectivity index (χ0n) is 16.7. The van der Waals surface area contributed by atoms with Gasteiger partial charge in [-0.15, -0.1) is 0 Å². The van der Waals surface area contributed by atoms with Crippen LogP contribution in [0.15, 0.2) is 91.1 Å². The van der Waals surface area contributed by atoms with Crippen LogP contribution in [0.4, 0.5) is 17.2 Å². The number of rotatable bonds is 6. The number of hydrogen-bond acceptors (Lipinski definition) is 4. The Morgan fingerprint density at radius 2 is 1.53 bits per heavy atom. The van der Waals surface area contributed by atoms with Gasteiger partial charge in [-0.1, -0.05) is 49.4 Å². The van der Waals surface area contributed by atoms with Gasteiger partial charge in [0.25, 0.3) is 5.91 Å². The number of hydrogen-bond donors (Lipinski definition) is 2. The number of carbonyl (C=O) groups excluding carboxylic acids is 1. The third kappa shape index (κ3) is 4.70. The van der Waals surface area contributed by atoms with Gasteiger partial charge in [-0.25, -0.2) is 9.97 Å². The maximum Gasteiger partial charge on any atom is 0.255 e. The first kappa shape index (κ1) is 19.3. The lowest BCUT2D eigenvalue weighted by molar-refractivity contribution is 0.102. The molecule has 0 saturated heterocycles. The van der Waals surface area contributed by atoms with Gasteiger partial charge in [0.05, 0.1) is 0 Å². The summed E-state index contributed by atoms with van der Waals surface area (Å²) in [6.45, 7) is 2.10. The van der Waals surface area contributed by atoms with Gasteiger partial charge in [-0.05, 0) is 54.4 Å². The Bertz CT molecular complexity index is 1120. The lowest BCUT2D eigenvalue weighted by atomic mass is 10.1. The number of aryl methyl sites for hydroxylation is 1. The van der Waals surface area contributed by atoms with Gasteiger partial charge in [0.1, 0.15) is 5.82 Å². The summed E-state index contributed by atoms with van der Waals surface area (Å²) < 4.78 is 0. The molecule has 0 aliphatic rings. The highest BCUT2D eigenvalue weighted by Crippen LogP contribution is 2.20. The molecule has 0 aliphatic carbocycles. The zero-order valence-corrected chi connectivity index (χ0v) is 16.7. The summed E-state index contributed by atoms with van der Waals surface area (Å²) in [5.74, 6) is 1.21. The van der Waals surface area contributed by atoms with Crippen LogP contribution in [0.2, 0.25) is 0 Å². The van der Waals surface area contributed by atoms with E-state index in [0.717, 1.165) is 23.4 Å². The minimum atomic E-state index is -0.140. The molecule has 2 N–H and O–H groups in total. The molecule has 4 aromatic rings. The molecule has 0 atom stereocenters. The summed E-state index contributed by atoms with van der Waals surface area (Å²) in [7, 11) is 0. The van der Waals surface area contributed by atoms with Crippen LogP contribution < -0.4 is 10.6 Å². The van der Waals surface area contributed by atoms with E-state index in [9.17, 15) is 4.79 Å². The van der Waals surface area contributed by atoms with Crippen molar-refractivity contribution in [3.8, 4) is 11.4 Å². The minimum Gasteiger partial charge on any atom is -0.340 e. The predicted octanol–water partition coefficient (Wildman–Crippen LogP) is 5.70. The second kappa shape index (κ2) is 9.01. The average molecular weight is 394 g/mol. The molecule has 148 valence electrons. The van der Waals surface area contributed by atoms with E-state index in [2.05, 4.69) is 27.5 Å². The molecule has 0 spiro atoms. The number of carbonyl (C=O) groups is 1. The molecule has 3 aromatic carbocycles. The summed E-state index contributed by atoms with van der Waals surface area (Å²) in [5, 5.41) is 6.18.